The molecule has 5 heterocycles. The lowest BCUT2D eigenvalue weighted by atomic mass is 9.59. The highest BCUT2D eigenvalue weighted by molar-refractivity contribution is 7.26. The maximum Gasteiger partial charge on any atom is 0.198 e. The molecule has 0 spiro atoms. The van der Waals surface area contributed by atoms with E-state index >= 15 is 0 Å². The number of thiophene rings is 3. The minimum absolute atomic E-state index is 0.0929. The molecule has 8 aromatic carbocycles. The molecule has 0 fully saturated rings. The number of hydrogen-bond acceptors (Lipinski definition) is 4. The van der Waals surface area contributed by atoms with Crippen molar-refractivity contribution in [3.05, 3.63) is 151 Å². The molecule has 58 heavy (non-hydrogen) atoms. The Kier molecular flexibility index (Phi) is 6.75. The van der Waals surface area contributed by atoms with Crippen LogP contribution in [0.25, 0.3) is 99.1 Å². The number of benzene rings is 8. The van der Waals surface area contributed by atoms with Crippen molar-refractivity contribution in [2.24, 2.45) is 0 Å². The number of nitrogens with one attached hydrogen (secondary N) is 1. The van der Waals surface area contributed by atoms with E-state index < -0.39 is 0 Å². The Hall–Kier alpha value is -5.92. The predicted octanol–water partition coefficient (Wildman–Crippen LogP) is 14.3. The van der Waals surface area contributed by atoms with Gasteiger partial charge in [-0.15, -0.1) is 34.0 Å². The van der Waals surface area contributed by atoms with Crippen molar-refractivity contribution in [1.29, 1.82) is 0 Å². The zero-order chi connectivity index (χ0) is 38.4. The molecular weight excluding hydrogens is 760 g/mol. The number of rotatable bonds is 3. The molecule has 1 aliphatic heterocycles. The van der Waals surface area contributed by atoms with Crippen LogP contribution in [-0.2, 0) is 5.41 Å². The quantitative estimate of drug-likeness (QED) is 0.176. The van der Waals surface area contributed by atoms with Crippen LogP contribution in [0.5, 0.6) is 0 Å². The van der Waals surface area contributed by atoms with Crippen LogP contribution in [0.3, 0.4) is 0 Å². The van der Waals surface area contributed by atoms with Gasteiger partial charge < -0.3 is 9.88 Å². The van der Waals surface area contributed by atoms with Crippen molar-refractivity contribution < 1.29 is 0 Å². The van der Waals surface area contributed by atoms with E-state index in [0.29, 0.717) is 0 Å². The number of anilines is 2. The minimum Gasteiger partial charge on any atom is -0.355 e. The summed E-state index contributed by atoms with van der Waals surface area (Å²) in [6, 6.07) is 55.3. The van der Waals surface area contributed by atoms with Crippen molar-refractivity contribution in [3.63, 3.8) is 0 Å². The first-order valence-electron chi connectivity index (χ1n) is 20.0. The largest absolute Gasteiger partial charge is 0.355 e. The highest BCUT2D eigenvalue weighted by atomic mass is 32.1. The summed E-state index contributed by atoms with van der Waals surface area (Å²) in [6.45, 7) is 6.83. The molecule has 1 aliphatic rings. The molecule has 0 bridgehead atoms. The normalized spacial score (nSPS) is 12.9. The lowest BCUT2D eigenvalue weighted by molar-refractivity contribution is 0.590. The second kappa shape index (κ2) is 11.8. The SMILES string of the molecule is CC(C)(C)c1ccc(Nc2cc3sc4ccccc4c3cc2-c2ccc3c4cc5c(cc4n4c3c2Bc2cc3c(cc2-4)sc2ccccc23)sc2ccccc25)cc1. The first kappa shape index (κ1) is 33.1. The van der Waals surface area contributed by atoms with E-state index in [2.05, 4.69) is 176 Å². The summed E-state index contributed by atoms with van der Waals surface area (Å²) in [5, 5.41) is 14.6. The summed E-state index contributed by atoms with van der Waals surface area (Å²) in [6.07, 6.45) is 0. The lowest BCUT2D eigenvalue weighted by Crippen LogP contribution is -2.37. The smallest absolute Gasteiger partial charge is 0.198 e. The fraction of sp³-hybridized carbons (Fsp3) is 0.0769. The van der Waals surface area contributed by atoms with Crippen molar-refractivity contribution >= 4 is 146 Å². The van der Waals surface area contributed by atoms with Crippen molar-refractivity contribution in [2.75, 3.05) is 5.32 Å². The standard InChI is InChI=1S/C52H35BN2S3/c1-52(2,3)28-16-18-29(19-17-28)54-41-25-47-37(30-10-4-7-13-44(30)56-47)22-35(41)33-20-21-34-36-23-38-31-11-5-8-14-45(31)57-48(38)26-42(36)55-43-27-49-39(24-40(43)53-50(33)51(34)55)32-12-6-9-15-46(32)58-49/h4-27,53-54H,1-3H3. The average Bonchev–Trinajstić information content (AvgIpc) is 3.98. The highest BCUT2D eigenvalue weighted by Crippen LogP contribution is 2.45. The molecule has 0 saturated carbocycles. The minimum atomic E-state index is 0.0929. The molecule has 4 aromatic heterocycles. The summed E-state index contributed by atoms with van der Waals surface area (Å²) in [5.41, 5.74) is 12.9. The van der Waals surface area contributed by atoms with E-state index in [4.69, 9.17) is 0 Å². The van der Waals surface area contributed by atoms with Crippen LogP contribution in [0.1, 0.15) is 26.3 Å². The number of hydrogen-bond donors (Lipinski definition) is 1. The van der Waals surface area contributed by atoms with Gasteiger partial charge >= 0.3 is 0 Å². The maximum absolute atomic E-state index is 3.94. The van der Waals surface area contributed by atoms with Gasteiger partial charge in [-0.1, -0.05) is 111 Å². The van der Waals surface area contributed by atoms with Crippen LogP contribution in [0.4, 0.5) is 11.4 Å². The summed E-state index contributed by atoms with van der Waals surface area (Å²) in [5.74, 6) is 0. The van der Waals surface area contributed by atoms with Crippen molar-refractivity contribution in [1.82, 2.24) is 4.57 Å². The van der Waals surface area contributed by atoms with Gasteiger partial charge in [-0.2, -0.15) is 0 Å². The maximum atomic E-state index is 3.94. The fourth-order valence-electron chi connectivity index (χ4n) is 9.72. The van der Waals surface area contributed by atoms with Crippen molar-refractivity contribution in [2.45, 2.75) is 26.2 Å². The second-order valence-corrected chi connectivity index (χ2v) is 20.2. The molecule has 2 nitrogen and oxygen atoms in total. The monoisotopic (exact) mass is 794 g/mol. The molecule has 1 N–H and O–H groups in total. The third kappa shape index (κ3) is 4.71. The van der Waals surface area contributed by atoms with Crippen LogP contribution >= 0.6 is 34.0 Å². The Morgan fingerprint density at radius 2 is 1.07 bits per heavy atom. The molecule has 0 unspecified atom stereocenters. The third-order valence-corrected chi connectivity index (χ3v) is 16.0. The van der Waals surface area contributed by atoms with Crippen LogP contribution in [0.15, 0.2) is 146 Å². The van der Waals surface area contributed by atoms with E-state index in [1.165, 1.54) is 116 Å². The Balaban J connectivity index is 1.12. The van der Waals surface area contributed by atoms with Gasteiger partial charge in [-0.3, -0.25) is 0 Å². The zero-order valence-corrected chi connectivity index (χ0v) is 34.7. The molecule has 13 rings (SSSR count). The zero-order valence-electron chi connectivity index (χ0n) is 32.2. The Morgan fingerprint density at radius 3 is 1.72 bits per heavy atom. The van der Waals surface area contributed by atoms with Crippen molar-refractivity contribution in [3.8, 4) is 16.8 Å². The molecule has 274 valence electrons. The molecule has 0 atom stereocenters. The van der Waals surface area contributed by atoms with Crippen LogP contribution in [0.2, 0.25) is 0 Å². The second-order valence-electron chi connectivity index (χ2n) is 17.0. The number of fused-ring (bicyclic) bond motifs is 14. The van der Waals surface area contributed by atoms with Gasteiger partial charge in [0.05, 0.1) is 5.52 Å². The van der Waals surface area contributed by atoms with Gasteiger partial charge in [0.2, 0.25) is 0 Å². The molecule has 0 saturated heterocycles. The van der Waals surface area contributed by atoms with E-state index in [1.807, 2.05) is 34.0 Å². The topological polar surface area (TPSA) is 17.0 Å². The third-order valence-electron chi connectivity index (χ3n) is 12.6. The highest BCUT2D eigenvalue weighted by Gasteiger charge is 2.28. The van der Waals surface area contributed by atoms with Crippen LogP contribution < -0.4 is 16.2 Å². The predicted molar refractivity (Wildman–Crippen MR) is 260 cm³/mol. The Morgan fingerprint density at radius 1 is 0.483 bits per heavy atom. The first-order valence-corrected chi connectivity index (χ1v) is 22.5. The average molecular weight is 795 g/mol. The van der Waals surface area contributed by atoms with Gasteiger partial charge in [0, 0.05) is 94.0 Å². The summed E-state index contributed by atoms with van der Waals surface area (Å²) in [7, 11) is 0.859. The van der Waals surface area contributed by atoms with E-state index in [9.17, 15) is 0 Å². The Labute approximate surface area is 347 Å². The van der Waals surface area contributed by atoms with Crippen LogP contribution in [0, 0.1) is 0 Å². The van der Waals surface area contributed by atoms with Gasteiger partial charge in [-0.05, 0) is 88.1 Å². The summed E-state index contributed by atoms with van der Waals surface area (Å²) >= 11 is 5.69. The summed E-state index contributed by atoms with van der Waals surface area (Å²) < 4.78 is 10.6. The van der Waals surface area contributed by atoms with E-state index in [0.717, 1.165) is 18.7 Å². The van der Waals surface area contributed by atoms with E-state index in [1.54, 1.807) is 0 Å². The van der Waals surface area contributed by atoms with Gasteiger partial charge in [-0.25, -0.2) is 0 Å². The van der Waals surface area contributed by atoms with E-state index in [-0.39, 0.29) is 5.41 Å². The molecule has 0 aliphatic carbocycles. The number of nitrogens with zero attached hydrogens (tertiary/aromatic N) is 1. The Bertz CT molecular complexity index is 3720. The fourth-order valence-corrected chi connectivity index (χ4v) is 13.1. The lowest BCUT2D eigenvalue weighted by Gasteiger charge is -2.24. The molecule has 6 heteroatoms. The van der Waals surface area contributed by atoms with Crippen LogP contribution in [-0.4, -0.2) is 11.8 Å². The van der Waals surface area contributed by atoms with Gasteiger partial charge in [0.15, 0.2) is 7.28 Å². The molecule has 12 aromatic rings. The first-order chi connectivity index (χ1) is 28.3. The summed E-state index contributed by atoms with van der Waals surface area (Å²) in [4.78, 5) is 0. The molecular formula is C52H35BN2S3. The van der Waals surface area contributed by atoms with Gasteiger partial charge in [0.1, 0.15) is 0 Å². The van der Waals surface area contributed by atoms with Gasteiger partial charge in [0.25, 0.3) is 0 Å². The molecule has 0 radical (unpaired) electrons. The number of aromatic nitrogens is 1. The molecule has 0 amide bonds.